The number of nitrogens with two attached hydrogens (primary N) is 1. The third-order valence-electron chi connectivity index (χ3n) is 3.69. The van der Waals surface area contributed by atoms with Crippen molar-refractivity contribution in [2.24, 2.45) is 5.84 Å². The molecule has 0 aliphatic heterocycles. The van der Waals surface area contributed by atoms with Gasteiger partial charge >= 0.3 is 0 Å². The van der Waals surface area contributed by atoms with Crippen LogP contribution in [0.4, 0.5) is 0 Å². The van der Waals surface area contributed by atoms with E-state index in [2.05, 4.69) is 39.3 Å². The van der Waals surface area contributed by atoms with Crippen molar-refractivity contribution >= 4 is 11.5 Å². The molecular formula is C13H16N4S. The largest absolute Gasteiger partial charge is 0.271 e. The molecule has 0 radical (unpaired) electrons. The number of rotatable bonds is 4. The Labute approximate surface area is 110 Å². The SMILES string of the molecule is Cc1nnsc1C(CC1Cc2ccccc21)NN. The highest BCUT2D eigenvalue weighted by molar-refractivity contribution is 7.05. The van der Waals surface area contributed by atoms with Crippen molar-refractivity contribution in [2.45, 2.75) is 31.7 Å². The molecule has 3 N–H and O–H groups in total. The van der Waals surface area contributed by atoms with E-state index in [1.54, 1.807) is 0 Å². The number of nitrogens with one attached hydrogen (secondary N) is 1. The van der Waals surface area contributed by atoms with Gasteiger partial charge in [-0.15, -0.1) is 5.10 Å². The Balaban J connectivity index is 1.76. The molecule has 0 spiro atoms. The molecule has 0 saturated carbocycles. The van der Waals surface area contributed by atoms with Crippen LogP contribution in [0.15, 0.2) is 24.3 Å². The molecule has 0 saturated heterocycles. The van der Waals surface area contributed by atoms with E-state index in [0.717, 1.165) is 23.4 Å². The Kier molecular flexibility index (Phi) is 3.11. The lowest BCUT2D eigenvalue weighted by Crippen LogP contribution is -2.31. The van der Waals surface area contributed by atoms with Gasteiger partial charge in [0, 0.05) is 0 Å². The minimum absolute atomic E-state index is 0.156. The Morgan fingerprint density at radius 2 is 2.33 bits per heavy atom. The third kappa shape index (κ3) is 1.94. The number of hydrogen-bond donors (Lipinski definition) is 2. The summed E-state index contributed by atoms with van der Waals surface area (Å²) in [6, 6.07) is 8.79. The first-order valence-corrected chi connectivity index (χ1v) is 6.89. The number of aryl methyl sites for hydroxylation is 1. The van der Waals surface area contributed by atoms with E-state index in [1.807, 2.05) is 6.92 Å². The van der Waals surface area contributed by atoms with E-state index in [-0.39, 0.29) is 6.04 Å². The van der Waals surface area contributed by atoms with E-state index in [0.29, 0.717) is 5.92 Å². The smallest absolute Gasteiger partial charge is 0.0773 e. The zero-order valence-electron chi connectivity index (χ0n) is 10.3. The summed E-state index contributed by atoms with van der Waals surface area (Å²) in [5.41, 5.74) is 6.82. The molecule has 0 amide bonds. The molecule has 2 atom stereocenters. The van der Waals surface area contributed by atoms with Crippen molar-refractivity contribution in [3.05, 3.63) is 46.0 Å². The van der Waals surface area contributed by atoms with Crippen LogP contribution in [0.2, 0.25) is 0 Å². The molecule has 3 rings (SSSR count). The molecule has 5 heteroatoms. The average molecular weight is 260 g/mol. The number of aromatic nitrogens is 2. The molecule has 1 aliphatic carbocycles. The summed E-state index contributed by atoms with van der Waals surface area (Å²) in [6.45, 7) is 1.98. The summed E-state index contributed by atoms with van der Waals surface area (Å²) < 4.78 is 3.98. The summed E-state index contributed by atoms with van der Waals surface area (Å²) >= 11 is 1.44. The van der Waals surface area contributed by atoms with Crippen molar-refractivity contribution in [2.75, 3.05) is 0 Å². The van der Waals surface area contributed by atoms with Gasteiger partial charge in [-0.2, -0.15) is 0 Å². The fourth-order valence-corrected chi connectivity index (χ4v) is 3.38. The Morgan fingerprint density at radius 1 is 1.50 bits per heavy atom. The third-order valence-corrected chi connectivity index (χ3v) is 4.63. The summed E-state index contributed by atoms with van der Waals surface area (Å²) in [6.07, 6.45) is 2.16. The second kappa shape index (κ2) is 4.76. The fourth-order valence-electron chi connectivity index (χ4n) is 2.67. The van der Waals surface area contributed by atoms with Gasteiger partial charge in [0.05, 0.1) is 16.6 Å². The number of hydrogen-bond acceptors (Lipinski definition) is 5. The number of fused-ring (bicyclic) bond motifs is 1. The number of hydrazine groups is 1. The normalized spacial score (nSPS) is 19.1. The first-order chi connectivity index (χ1) is 8.79. The number of nitrogens with zero attached hydrogens (tertiary/aromatic N) is 2. The second-order valence-corrected chi connectivity index (χ2v) is 5.56. The highest BCUT2D eigenvalue weighted by Gasteiger charge is 2.29. The predicted octanol–water partition coefficient (Wildman–Crippen LogP) is 2.08. The molecule has 1 aromatic heterocycles. The van der Waals surface area contributed by atoms with Crippen LogP contribution in [0.25, 0.3) is 0 Å². The van der Waals surface area contributed by atoms with Gasteiger partial charge in [0.2, 0.25) is 0 Å². The van der Waals surface area contributed by atoms with Crippen molar-refractivity contribution < 1.29 is 0 Å². The fraction of sp³-hybridized carbons (Fsp3) is 0.385. The van der Waals surface area contributed by atoms with E-state index in [9.17, 15) is 0 Å². The van der Waals surface area contributed by atoms with E-state index in [1.165, 1.54) is 22.7 Å². The van der Waals surface area contributed by atoms with Crippen molar-refractivity contribution in [3.8, 4) is 0 Å². The maximum Gasteiger partial charge on any atom is 0.0773 e. The van der Waals surface area contributed by atoms with Crippen molar-refractivity contribution in [3.63, 3.8) is 0 Å². The van der Waals surface area contributed by atoms with Crippen LogP contribution in [-0.2, 0) is 6.42 Å². The molecular weight excluding hydrogens is 244 g/mol. The summed E-state index contributed by atoms with van der Waals surface area (Å²) in [7, 11) is 0. The van der Waals surface area contributed by atoms with Crippen LogP contribution < -0.4 is 11.3 Å². The average Bonchev–Trinajstić information content (AvgIpc) is 2.77. The monoisotopic (exact) mass is 260 g/mol. The molecule has 18 heavy (non-hydrogen) atoms. The quantitative estimate of drug-likeness (QED) is 0.652. The van der Waals surface area contributed by atoms with Gasteiger partial charge in [-0.05, 0) is 48.3 Å². The van der Waals surface area contributed by atoms with Gasteiger partial charge in [-0.3, -0.25) is 11.3 Å². The zero-order chi connectivity index (χ0) is 12.5. The molecule has 2 aromatic rings. The molecule has 94 valence electrons. The Bertz CT molecular complexity index is 551. The highest BCUT2D eigenvalue weighted by Crippen LogP contribution is 2.41. The van der Waals surface area contributed by atoms with Crippen LogP contribution >= 0.6 is 11.5 Å². The minimum atomic E-state index is 0.156. The summed E-state index contributed by atoms with van der Waals surface area (Å²) in [4.78, 5) is 1.15. The maximum atomic E-state index is 5.68. The van der Waals surface area contributed by atoms with Gasteiger partial charge < -0.3 is 0 Å². The van der Waals surface area contributed by atoms with E-state index >= 15 is 0 Å². The molecule has 1 aliphatic rings. The number of benzene rings is 1. The van der Waals surface area contributed by atoms with Gasteiger partial charge in [0.1, 0.15) is 0 Å². The summed E-state index contributed by atoms with van der Waals surface area (Å²) in [5, 5.41) is 4.05. The molecule has 1 heterocycles. The van der Waals surface area contributed by atoms with E-state index in [4.69, 9.17) is 5.84 Å². The standard InChI is InChI=1S/C13H16N4S/c1-8-13(18-17-16-8)12(15-14)7-10-6-9-4-2-3-5-11(9)10/h2-5,10,12,15H,6-7,14H2,1H3. The van der Waals surface area contributed by atoms with Crippen molar-refractivity contribution in [1.29, 1.82) is 0 Å². The van der Waals surface area contributed by atoms with Gasteiger partial charge in [0.15, 0.2) is 0 Å². The topological polar surface area (TPSA) is 63.8 Å². The first kappa shape index (κ1) is 11.8. The predicted molar refractivity (Wildman–Crippen MR) is 72.2 cm³/mol. The Hall–Kier alpha value is -1.30. The maximum absolute atomic E-state index is 5.68. The van der Waals surface area contributed by atoms with Crippen LogP contribution in [-0.4, -0.2) is 9.59 Å². The van der Waals surface area contributed by atoms with E-state index < -0.39 is 0 Å². The second-order valence-electron chi connectivity index (χ2n) is 4.78. The molecule has 0 bridgehead atoms. The molecule has 0 fully saturated rings. The zero-order valence-corrected chi connectivity index (χ0v) is 11.1. The van der Waals surface area contributed by atoms with Gasteiger partial charge in [-0.25, -0.2) is 0 Å². The first-order valence-electron chi connectivity index (χ1n) is 6.12. The van der Waals surface area contributed by atoms with Gasteiger partial charge in [-0.1, -0.05) is 28.8 Å². The molecule has 2 unspecified atom stereocenters. The van der Waals surface area contributed by atoms with Crippen LogP contribution in [0, 0.1) is 6.92 Å². The molecule has 1 aromatic carbocycles. The lowest BCUT2D eigenvalue weighted by molar-refractivity contribution is 0.438. The lowest BCUT2D eigenvalue weighted by Gasteiger charge is -2.32. The van der Waals surface area contributed by atoms with Crippen LogP contribution in [0.3, 0.4) is 0 Å². The van der Waals surface area contributed by atoms with Crippen LogP contribution in [0.1, 0.15) is 40.1 Å². The lowest BCUT2D eigenvalue weighted by atomic mass is 9.74. The minimum Gasteiger partial charge on any atom is -0.271 e. The van der Waals surface area contributed by atoms with Crippen molar-refractivity contribution in [1.82, 2.24) is 15.0 Å². The van der Waals surface area contributed by atoms with Crippen LogP contribution in [0.5, 0.6) is 0 Å². The summed E-state index contributed by atoms with van der Waals surface area (Å²) in [5.74, 6) is 6.28. The van der Waals surface area contributed by atoms with Gasteiger partial charge in [0.25, 0.3) is 0 Å². The Morgan fingerprint density at radius 3 is 3.00 bits per heavy atom. The highest BCUT2D eigenvalue weighted by atomic mass is 32.1. The molecule has 4 nitrogen and oxygen atoms in total.